The summed E-state index contributed by atoms with van der Waals surface area (Å²) in [5.74, 6) is 1.31. The lowest BCUT2D eigenvalue weighted by atomic mass is 10.1. The van der Waals surface area contributed by atoms with Crippen molar-refractivity contribution in [2.24, 2.45) is 0 Å². The molecule has 1 aromatic rings. The van der Waals surface area contributed by atoms with E-state index in [4.69, 9.17) is 15.2 Å². The van der Waals surface area contributed by atoms with Crippen LogP contribution in [0.15, 0.2) is 12.1 Å². The predicted molar refractivity (Wildman–Crippen MR) is 79.8 cm³/mol. The van der Waals surface area contributed by atoms with E-state index in [9.17, 15) is 0 Å². The lowest BCUT2D eigenvalue weighted by Gasteiger charge is -2.22. The monoisotopic (exact) mass is 266 g/mol. The largest absolute Gasteiger partial charge is 0.493 e. The first kappa shape index (κ1) is 15.6. The van der Waals surface area contributed by atoms with Crippen LogP contribution in [0, 0.1) is 0 Å². The molecule has 0 saturated carbocycles. The quantitative estimate of drug-likeness (QED) is 0.735. The van der Waals surface area contributed by atoms with E-state index in [1.54, 1.807) is 14.2 Å². The number of hydrogen-bond acceptors (Lipinski definition) is 4. The van der Waals surface area contributed by atoms with Gasteiger partial charge in [-0.1, -0.05) is 13.8 Å². The molecule has 0 aliphatic carbocycles. The summed E-state index contributed by atoms with van der Waals surface area (Å²) >= 11 is 0. The summed E-state index contributed by atoms with van der Waals surface area (Å²) in [5.41, 5.74) is 7.80. The number of methoxy groups -OCH3 is 2. The van der Waals surface area contributed by atoms with Crippen LogP contribution in [-0.4, -0.2) is 32.2 Å². The van der Waals surface area contributed by atoms with Crippen LogP contribution in [-0.2, 0) is 6.54 Å². The van der Waals surface area contributed by atoms with Crippen molar-refractivity contribution in [3.05, 3.63) is 17.7 Å². The molecule has 0 unspecified atom stereocenters. The zero-order valence-electron chi connectivity index (χ0n) is 12.5. The van der Waals surface area contributed by atoms with Crippen molar-refractivity contribution < 1.29 is 9.47 Å². The van der Waals surface area contributed by atoms with Gasteiger partial charge >= 0.3 is 0 Å². The lowest BCUT2D eigenvalue weighted by molar-refractivity contribution is 0.266. The molecule has 0 aliphatic rings. The van der Waals surface area contributed by atoms with Crippen molar-refractivity contribution in [1.29, 1.82) is 0 Å². The number of nitrogens with two attached hydrogens (primary N) is 1. The minimum Gasteiger partial charge on any atom is -0.493 e. The Morgan fingerprint density at radius 1 is 1.05 bits per heavy atom. The molecule has 2 N–H and O–H groups in total. The molecule has 1 aromatic carbocycles. The van der Waals surface area contributed by atoms with Crippen LogP contribution in [0.1, 0.15) is 32.3 Å². The smallest absolute Gasteiger partial charge is 0.183 e. The summed E-state index contributed by atoms with van der Waals surface area (Å²) in [5, 5.41) is 0. The minimum atomic E-state index is 0.615. The zero-order valence-corrected chi connectivity index (χ0v) is 12.5. The van der Waals surface area contributed by atoms with Crippen LogP contribution >= 0.6 is 0 Å². The Hall–Kier alpha value is -1.42. The van der Waals surface area contributed by atoms with Gasteiger partial charge < -0.3 is 15.2 Å². The molecule has 0 fully saturated rings. The molecule has 0 heterocycles. The molecule has 0 atom stereocenters. The summed E-state index contributed by atoms with van der Waals surface area (Å²) < 4.78 is 10.6. The Balaban J connectivity index is 2.91. The van der Waals surface area contributed by atoms with Crippen LogP contribution < -0.4 is 15.2 Å². The van der Waals surface area contributed by atoms with Gasteiger partial charge in [-0.2, -0.15) is 0 Å². The standard InChI is InChI=1S/C15H26N2O2/c1-5-7-17(8-6-2)11-12-9-13(16)15(19-4)14(10-12)18-3/h9-10H,5-8,11,16H2,1-4H3. The number of nitrogen functional groups attached to an aromatic ring is 1. The van der Waals surface area contributed by atoms with Gasteiger partial charge in [-0.05, 0) is 43.6 Å². The summed E-state index contributed by atoms with van der Waals surface area (Å²) in [6, 6.07) is 3.98. The van der Waals surface area contributed by atoms with E-state index in [0.29, 0.717) is 17.2 Å². The SMILES string of the molecule is CCCN(CCC)Cc1cc(N)c(OC)c(OC)c1. The summed E-state index contributed by atoms with van der Waals surface area (Å²) in [7, 11) is 3.24. The van der Waals surface area contributed by atoms with Gasteiger partial charge in [0, 0.05) is 6.54 Å². The lowest BCUT2D eigenvalue weighted by Crippen LogP contribution is -2.25. The van der Waals surface area contributed by atoms with Crippen LogP contribution in [0.4, 0.5) is 5.69 Å². The molecule has 1 rings (SSSR count). The first-order chi connectivity index (χ1) is 9.15. The van der Waals surface area contributed by atoms with Crippen LogP contribution in [0.2, 0.25) is 0 Å². The van der Waals surface area contributed by atoms with Gasteiger partial charge in [-0.3, -0.25) is 4.90 Å². The highest BCUT2D eigenvalue weighted by atomic mass is 16.5. The second-order valence-corrected chi connectivity index (χ2v) is 4.70. The highest BCUT2D eigenvalue weighted by molar-refractivity contribution is 5.62. The maximum Gasteiger partial charge on any atom is 0.183 e. The highest BCUT2D eigenvalue weighted by Crippen LogP contribution is 2.34. The maximum atomic E-state index is 6.01. The van der Waals surface area contributed by atoms with Gasteiger partial charge in [0.25, 0.3) is 0 Å². The average Bonchev–Trinajstić information content (AvgIpc) is 2.38. The number of benzene rings is 1. The molecule has 0 spiro atoms. The third-order valence-electron chi connectivity index (χ3n) is 3.05. The van der Waals surface area contributed by atoms with Crippen molar-refractivity contribution in [3.8, 4) is 11.5 Å². The molecular formula is C15H26N2O2. The number of rotatable bonds is 8. The topological polar surface area (TPSA) is 47.7 Å². The van der Waals surface area contributed by atoms with E-state index < -0.39 is 0 Å². The molecular weight excluding hydrogens is 240 g/mol. The van der Waals surface area contributed by atoms with Crippen LogP contribution in [0.25, 0.3) is 0 Å². The van der Waals surface area contributed by atoms with Gasteiger partial charge in [0.2, 0.25) is 0 Å². The molecule has 0 aliphatic heterocycles. The van der Waals surface area contributed by atoms with Gasteiger partial charge in [0.15, 0.2) is 11.5 Å². The van der Waals surface area contributed by atoms with E-state index in [-0.39, 0.29) is 0 Å². The highest BCUT2D eigenvalue weighted by Gasteiger charge is 2.12. The van der Waals surface area contributed by atoms with Gasteiger partial charge in [0.1, 0.15) is 0 Å². The molecule has 108 valence electrons. The van der Waals surface area contributed by atoms with Crippen molar-refractivity contribution in [2.75, 3.05) is 33.0 Å². The fourth-order valence-electron chi connectivity index (χ4n) is 2.31. The van der Waals surface area contributed by atoms with Gasteiger partial charge in [0.05, 0.1) is 19.9 Å². The minimum absolute atomic E-state index is 0.615. The van der Waals surface area contributed by atoms with Crippen molar-refractivity contribution in [1.82, 2.24) is 4.90 Å². The van der Waals surface area contributed by atoms with Crippen molar-refractivity contribution in [3.63, 3.8) is 0 Å². The van der Waals surface area contributed by atoms with Gasteiger partial charge in [-0.25, -0.2) is 0 Å². The van der Waals surface area contributed by atoms with E-state index in [1.165, 1.54) is 0 Å². The molecule has 0 amide bonds. The Labute approximate surface area is 116 Å². The number of nitrogens with zero attached hydrogens (tertiary/aromatic N) is 1. The summed E-state index contributed by atoms with van der Waals surface area (Å²) in [6.45, 7) is 7.49. The summed E-state index contributed by atoms with van der Waals surface area (Å²) in [4.78, 5) is 2.43. The van der Waals surface area contributed by atoms with Crippen molar-refractivity contribution >= 4 is 5.69 Å². The van der Waals surface area contributed by atoms with Crippen molar-refractivity contribution in [2.45, 2.75) is 33.2 Å². The molecule has 19 heavy (non-hydrogen) atoms. The van der Waals surface area contributed by atoms with E-state index in [2.05, 4.69) is 18.7 Å². The number of hydrogen-bond donors (Lipinski definition) is 1. The number of ether oxygens (including phenoxy) is 2. The molecule has 0 saturated heterocycles. The Bertz CT molecular complexity index is 388. The number of anilines is 1. The van der Waals surface area contributed by atoms with Crippen LogP contribution in [0.3, 0.4) is 0 Å². The molecule has 0 aromatic heterocycles. The second kappa shape index (κ2) is 7.89. The van der Waals surface area contributed by atoms with E-state index >= 15 is 0 Å². The molecule has 0 radical (unpaired) electrons. The first-order valence-corrected chi connectivity index (χ1v) is 6.88. The average molecular weight is 266 g/mol. The third-order valence-corrected chi connectivity index (χ3v) is 3.05. The van der Waals surface area contributed by atoms with E-state index in [0.717, 1.165) is 38.0 Å². The Morgan fingerprint density at radius 3 is 2.16 bits per heavy atom. The predicted octanol–water partition coefficient (Wildman–Crippen LogP) is 2.91. The Kier molecular flexibility index (Phi) is 6.50. The first-order valence-electron chi connectivity index (χ1n) is 6.88. The third kappa shape index (κ3) is 4.31. The second-order valence-electron chi connectivity index (χ2n) is 4.70. The molecule has 4 heteroatoms. The summed E-state index contributed by atoms with van der Waals surface area (Å²) in [6.07, 6.45) is 2.31. The maximum absolute atomic E-state index is 6.01. The Morgan fingerprint density at radius 2 is 1.68 bits per heavy atom. The van der Waals surface area contributed by atoms with Gasteiger partial charge in [-0.15, -0.1) is 0 Å². The molecule has 0 bridgehead atoms. The normalized spacial score (nSPS) is 10.8. The zero-order chi connectivity index (χ0) is 14.3. The van der Waals surface area contributed by atoms with E-state index in [1.807, 2.05) is 12.1 Å². The van der Waals surface area contributed by atoms with Crippen LogP contribution in [0.5, 0.6) is 11.5 Å². The molecule has 4 nitrogen and oxygen atoms in total. The fraction of sp³-hybridized carbons (Fsp3) is 0.600. The fourth-order valence-corrected chi connectivity index (χ4v) is 2.31.